The molecule has 0 aliphatic rings. The molecule has 2 heterocycles. The van der Waals surface area contributed by atoms with Crippen molar-refractivity contribution in [3.05, 3.63) is 113 Å². The van der Waals surface area contributed by atoms with Gasteiger partial charge in [0.2, 0.25) is 0 Å². The Kier molecular flexibility index (Phi) is 5.31. The summed E-state index contributed by atoms with van der Waals surface area (Å²) in [6.07, 6.45) is -0.513. The van der Waals surface area contributed by atoms with Crippen LogP contribution >= 0.6 is 12.4 Å². The average Bonchev–Trinajstić information content (AvgIpc) is 3.33. The molecule has 0 spiro atoms. The number of hydrogen-bond acceptors (Lipinski definition) is 0. The Morgan fingerprint density at radius 2 is 1.35 bits per heavy atom. The lowest BCUT2D eigenvalue weighted by Gasteiger charge is -2.17. The molecule has 0 aliphatic carbocycles. The van der Waals surface area contributed by atoms with Crippen molar-refractivity contribution >= 4 is 34.2 Å². The maximum Gasteiger partial charge on any atom is 0.416 e. The third-order valence-corrected chi connectivity index (χ3v) is 5.47. The second-order valence-electron chi connectivity index (χ2n) is 7.45. The first-order valence-corrected chi connectivity index (χ1v) is 9.61. The lowest BCUT2D eigenvalue weighted by Crippen LogP contribution is -2.07. The highest BCUT2D eigenvalue weighted by Gasteiger charge is 2.31. The zero-order valence-electron chi connectivity index (χ0n) is 16.5. The topological polar surface area (TPSA) is 31.6 Å². The van der Waals surface area contributed by atoms with Crippen LogP contribution in [0.5, 0.6) is 0 Å². The molecule has 0 atom stereocenters. The summed E-state index contributed by atoms with van der Waals surface area (Å²) in [4.78, 5) is 6.60. The van der Waals surface area contributed by atoms with Crippen molar-refractivity contribution in [3.63, 3.8) is 0 Å². The van der Waals surface area contributed by atoms with Gasteiger partial charge in [0.25, 0.3) is 0 Å². The number of hydrogen-bond donors (Lipinski definition) is 2. The minimum absolute atomic E-state index is 0. The Morgan fingerprint density at radius 1 is 0.742 bits per heavy atom. The molecule has 157 valence electrons. The molecule has 2 N–H and O–H groups in total. The highest BCUT2D eigenvalue weighted by atomic mass is 35.5. The second kappa shape index (κ2) is 7.82. The van der Waals surface area contributed by atoms with E-state index in [0.717, 1.165) is 62.1 Å². The van der Waals surface area contributed by atoms with E-state index in [1.54, 1.807) is 12.1 Å². The van der Waals surface area contributed by atoms with Gasteiger partial charge in [-0.25, -0.2) is 0 Å². The number of aromatic amines is 2. The maximum atomic E-state index is 13.1. The first kappa shape index (κ1) is 21.1. The first-order chi connectivity index (χ1) is 14.4. The third kappa shape index (κ3) is 3.70. The van der Waals surface area contributed by atoms with Gasteiger partial charge in [-0.05, 0) is 53.4 Å². The normalized spacial score (nSPS) is 11.9. The minimum Gasteiger partial charge on any atom is -0.361 e. The van der Waals surface area contributed by atoms with Crippen LogP contribution in [0.4, 0.5) is 13.2 Å². The number of benzene rings is 3. The molecule has 0 amide bonds. The average molecular weight is 440 g/mol. The van der Waals surface area contributed by atoms with Crippen LogP contribution in [-0.4, -0.2) is 9.97 Å². The fourth-order valence-electron chi connectivity index (χ4n) is 4.01. The molecule has 0 unspecified atom stereocenters. The molecule has 0 saturated carbocycles. The van der Waals surface area contributed by atoms with Gasteiger partial charge >= 0.3 is 6.18 Å². The number of H-pyrrole nitrogens is 2. The molecule has 5 aromatic rings. The van der Waals surface area contributed by atoms with E-state index in [4.69, 9.17) is 0 Å². The summed E-state index contributed by atoms with van der Waals surface area (Å²) in [5.41, 5.74) is 5.09. The highest BCUT2D eigenvalue weighted by Crippen LogP contribution is 2.39. The Labute approximate surface area is 183 Å². The number of alkyl halides is 3. The van der Waals surface area contributed by atoms with E-state index in [0.29, 0.717) is 0 Å². The Hall–Kier alpha value is -3.18. The largest absolute Gasteiger partial charge is 0.416 e. The van der Waals surface area contributed by atoms with Gasteiger partial charge in [-0.1, -0.05) is 42.5 Å². The van der Waals surface area contributed by atoms with Crippen molar-refractivity contribution in [2.45, 2.75) is 13.1 Å². The molecule has 1 radical (unpaired) electrons. The van der Waals surface area contributed by atoms with Gasteiger partial charge in [0.05, 0.1) is 11.5 Å². The number of halogens is 4. The van der Waals surface area contributed by atoms with Crippen molar-refractivity contribution in [1.82, 2.24) is 9.97 Å². The van der Waals surface area contributed by atoms with Gasteiger partial charge in [0.15, 0.2) is 0 Å². The number of aryl methyl sites for hydroxylation is 1. The number of aromatic nitrogens is 2. The predicted molar refractivity (Wildman–Crippen MR) is 121 cm³/mol. The van der Waals surface area contributed by atoms with Crippen molar-refractivity contribution < 1.29 is 13.2 Å². The summed E-state index contributed by atoms with van der Waals surface area (Å²) < 4.78 is 39.3. The number of para-hydroxylation sites is 1. The van der Waals surface area contributed by atoms with Gasteiger partial charge in [-0.15, -0.1) is 12.4 Å². The summed E-state index contributed by atoms with van der Waals surface area (Å²) in [7, 11) is 0. The van der Waals surface area contributed by atoms with Crippen molar-refractivity contribution in [1.29, 1.82) is 0 Å². The van der Waals surface area contributed by atoms with E-state index in [2.05, 4.69) is 22.1 Å². The smallest absolute Gasteiger partial charge is 0.361 e. The Bertz CT molecular complexity index is 1350. The minimum atomic E-state index is -4.36. The van der Waals surface area contributed by atoms with Crippen molar-refractivity contribution in [3.8, 4) is 0 Å². The molecular weight excluding hydrogens is 421 g/mol. The summed E-state index contributed by atoms with van der Waals surface area (Å²) in [6.45, 7) is 2.03. The van der Waals surface area contributed by atoms with E-state index < -0.39 is 11.7 Å². The van der Waals surface area contributed by atoms with Gasteiger partial charge in [0, 0.05) is 34.2 Å². The maximum absolute atomic E-state index is 13.1. The fraction of sp³-hybridized carbons (Fsp3) is 0.0800. The van der Waals surface area contributed by atoms with Crippen molar-refractivity contribution in [2.75, 3.05) is 0 Å². The second-order valence-corrected chi connectivity index (χ2v) is 7.45. The standard InChI is InChI=1S/C25H18F3N2.ClH/c1-15-6-11-19-21(14-30-23(19)12-15)24(16-7-9-17(10-8-16)25(26,27)28)20-13-29-22-5-3-2-4-18(20)22;/h2-14,29-30H,1H3;1H. The molecule has 3 aromatic carbocycles. The Balaban J connectivity index is 0.00000231. The summed E-state index contributed by atoms with van der Waals surface area (Å²) in [5, 5.41) is 2.05. The SMILES string of the molecule is Cc1ccc2c([C](c3ccc(C(F)(F)F)cc3)c3c[nH]c4ccccc34)c[nH]c2c1.Cl. The molecule has 2 nitrogen and oxygen atoms in total. The molecule has 0 saturated heterocycles. The van der Waals surface area contributed by atoms with Crippen molar-refractivity contribution in [2.24, 2.45) is 0 Å². The van der Waals surface area contributed by atoms with Crippen LogP contribution in [0.15, 0.2) is 79.1 Å². The number of rotatable bonds is 3. The molecule has 5 rings (SSSR count). The highest BCUT2D eigenvalue weighted by molar-refractivity contribution is 5.93. The third-order valence-electron chi connectivity index (χ3n) is 5.47. The summed E-state index contributed by atoms with van der Waals surface area (Å²) in [6, 6.07) is 19.5. The first-order valence-electron chi connectivity index (χ1n) is 9.61. The van der Waals surface area contributed by atoms with Crippen LogP contribution < -0.4 is 0 Å². The molecule has 2 aromatic heterocycles. The van der Waals surface area contributed by atoms with E-state index in [1.165, 1.54) is 0 Å². The van der Waals surface area contributed by atoms with Crippen LogP contribution in [0.3, 0.4) is 0 Å². The molecular formula is C25H19ClF3N2. The molecule has 6 heteroatoms. The van der Waals surface area contributed by atoms with Crippen LogP contribution in [0.1, 0.15) is 27.8 Å². The van der Waals surface area contributed by atoms with Gasteiger partial charge in [-0.2, -0.15) is 13.2 Å². The van der Waals surface area contributed by atoms with Gasteiger partial charge < -0.3 is 9.97 Å². The monoisotopic (exact) mass is 439 g/mol. The van der Waals surface area contributed by atoms with E-state index >= 15 is 0 Å². The fourth-order valence-corrected chi connectivity index (χ4v) is 4.01. The van der Waals surface area contributed by atoms with Gasteiger partial charge in [-0.3, -0.25) is 0 Å². The molecule has 0 aliphatic heterocycles. The van der Waals surface area contributed by atoms with Gasteiger partial charge in [0.1, 0.15) is 0 Å². The molecule has 0 bridgehead atoms. The molecule has 31 heavy (non-hydrogen) atoms. The van der Waals surface area contributed by atoms with E-state index in [9.17, 15) is 13.2 Å². The zero-order chi connectivity index (χ0) is 20.9. The molecule has 0 fully saturated rings. The summed E-state index contributed by atoms with van der Waals surface area (Å²) >= 11 is 0. The zero-order valence-corrected chi connectivity index (χ0v) is 17.4. The van der Waals surface area contributed by atoms with Crippen LogP contribution in [0.25, 0.3) is 21.8 Å². The van der Waals surface area contributed by atoms with Crippen LogP contribution in [0, 0.1) is 12.8 Å². The Morgan fingerprint density at radius 3 is 2.03 bits per heavy atom. The number of nitrogens with one attached hydrogen (secondary N) is 2. The van der Waals surface area contributed by atoms with Crippen LogP contribution in [-0.2, 0) is 6.18 Å². The quantitative estimate of drug-likeness (QED) is 0.293. The van der Waals surface area contributed by atoms with Crippen LogP contribution in [0.2, 0.25) is 0 Å². The predicted octanol–water partition coefficient (Wildman–Crippen LogP) is 7.42. The number of fused-ring (bicyclic) bond motifs is 2. The van der Waals surface area contributed by atoms with E-state index in [1.807, 2.05) is 49.6 Å². The summed E-state index contributed by atoms with van der Waals surface area (Å²) in [5.74, 6) is 0.885. The lowest BCUT2D eigenvalue weighted by atomic mass is 9.84. The van der Waals surface area contributed by atoms with E-state index in [-0.39, 0.29) is 12.4 Å². The lowest BCUT2D eigenvalue weighted by molar-refractivity contribution is -0.137.